The summed E-state index contributed by atoms with van der Waals surface area (Å²) in [6, 6.07) is 9.39. The van der Waals surface area contributed by atoms with Crippen LogP contribution in [0.25, 0.3) is 0 Å². The van der Waals surface area contributed by atoms with Crippen LogP contribution in [0, 0.1) is 0 Å². The number of amides is 1. The van der Waals surface area contributed by atoms with Gasteiger partial charge < -0.3 is 24.3 Å². The fraction of sp³-hybridized carbons (Fsp3) is 0.350. The van der Waals surface area contributed by atoms with Gasteiger partial charge in [0.1, 0.15) is 10.6 Å². The van der Waals surface area contributed by atoms with Crippen molar-refractivity contribution in [3.63, 3.8) is 0 Å². The van der Waals surface area contributed by atoms with Crippen molar-refractivity contribution in [2.75, 3.05) is 52.9 Å². The Morgan fingerprint density at radius 1 is 1.00 bits per heavy atom. The third-order valence-corrected chi connectivity index (χ3v) is 6.58. The SMILES string of the molecule is COc1ccc(NC(=O)c2cccc(OC)c2OC)cc1S(=O)(=O)N1CCOCC1. The highest BCUT2D eigenvalue weighted by Gasteiger charge is 2.30. The number of para-hydroxylation sites is 1. The number of benzene rings is 2. The fourth-order valence-corrected chi connectivity index (χ4v) is 4.74. The number of hydrogen-bond donors (Lipinski definition) is 1. The molecule has 1 N–H and O–H groups in total. The Bertz CT molecular complexity index is 1020. The fourth-order valence-electron chi connectivity index (χ4n) is 3.15. The van der Waals surface area contributed by atoms with E-state index in [1.807, 2.05) is 0 Å². The van der Waals surface area contributed by atoms with E-state index in [-0.39, 0.29) is 35.0 Å². The molecule has 3 rings (SSSR count). The van der Waals surface area contributed by atoms with Gasteiger partial charge in [0.15, 0.2) is 11.5 Å². The van der Waals surface area contributed by atoms with E-state index in [9.17, 15) is 13.2 Å². The highest BCUT2D eigenvalue weighted by molar-refractivity contribution is 7.89. The molecule has 0 radical (unpaired) electrons. The lowest BCUT2D eigenvalue weighted by Crippen LogP contribution is -2.40. The van der Waals surface area contributed by atoms with E-state index in [1.165, 1.54) is 37.8 Å². The maximum absolute atomic E-state index is 13.1. The van der Waals surface area contributed by atoms with Crippen molar-refractivity contribution in [2.45, 2.75) is 4.90 Å². The summed E-state index contributed by atoms with van der Waals surface area (Å²) >= 11 is 0. The molecular weight excluding hydrogens is 412 g/mol. The second-order valence-electron chi connectivity index (χ2n) is 6.38. The van der Waals surface area contributed by atoms with Crippen LogP contribution in [0.15, 0.2) is 41.3 Å². The van der Waals surface area contributed by atoms with Crippen molar-refractivity contribution in [1.82, 2.24) is 4.31 Å². The molecule has 162 valence electrons. The standard InChI is InChI=1S/C20H24N2O7S/c1-26-16-8-7-14(13-18(16)30(24,25)22-9-11-29-12-10-22)21-20(23)15-5-4-6-17(27-2)19(15)28-3/h4-8,13H,9-12H2,1-3H3,(H,21,23). The van der Waals surface area contributed by atoms with Crippen LogP contribution >= 0.6 is 0 Å². The largest absolute Gasteiger partial charge is 0.495 e. The van der Waals surface area contributed by atoms with E-state index >= 15 is 0 Å². The van der Waals surface area contributed by atoms with Crippen molar-refractivity contribution in [1.29, 1.82) is 0 Å². The van der Waals surface area contributed by atoms with E-state index in [1.54, 1.807) is 24.3 Å². The van der Waals surface area contributed by atoms with Crippen LogP contribution in [-0.2, 0) is 14.8 Å². The van der Waals surface area contributed by atoms with E-state index in [4.69, 9.17) is 18.9 Å². The minimum Gasteiger partial charge on any atom is -0.495 e. The molecule has 2 aromatic carbocycles. The van der Waals surface area contributed by atoms with Crippen LogP contribution in [0.2, 0.25) is 0 Å². The molecule has 1 saturated heterocycles. The number of nitrogens with one attached hydrogen (secondary N) is 1. The number of morpholine rings is 1. The number of ether oxygens (including phenoxy) is 4. The van der Waals surface area contributed by atoms with Crippen molar-refractivity contribution >= 4 is 21.6 Å². The molecule has 1 heterocycles. The van der Waals surface area contributed by atoms with E-state index in [0.717, 1.165) is 0 Å². The molecule has 0 unspecified atom stereocenters. The lowest BCUT2D eigenvalue weighted by atomic mass is 10.1. The highest BCUT2D eigenvalue weighted by atomic mass is 32.2. The van der Waals surface area contributed by atoms with Gasteiger partial charge in [0.2, 0.25) is 10.0 Å². The summed E-state index contributed by atoms with van der Waals surface area (Å²) in [6.07, 6.45) is 0. The lowest BCUT2D eigenvalue weighted by molar-refractivity contribution is 0.0729. The number of nitrogens with zero attached hydrogens (tertiary/aromatic N) is 1. The first-order valence-electron chi connectivity index (χ1n) is 9.20. The number of carbonyl (C=O) groups is 1. The minimum atomic E-state index is -3.82. The summed E-state index contributed by atoms with van der Waals surface area (Å²) in [5, 5.41) is 2.71. The first-order valence-corrected chi connectivity index (χ1v) is 10.6. The van der Waals surface area contributed by atoms with Crippen molar-refractivity contribution < 1.29 is 32.2 Å². The Hall–Kier alpha value is -2.82. The molecular formula is C20H24N2O7S. The lowest BCUT2D eigenvalue weighted by Gasteiger charge is -2.26. The van der Waals surface area contributed by atoms with Crippen LogP contribution in [0.3, 0.4) is 0 Å². The van der Waals surface area contributed by atoms with Crippen LogP contribution in [0.1, 0.15) is 10.4 Å². The summed E-state index contributed by atoms with van der Waals surface area (Å²) in [6.45, 7) is 1.16. The van der Waals surface area contributed by atoms with Crippen LogP contribution in [0.5, 0.6) is 17.2 Å². The van der Waals surface area contributed by atoms with Crippen LogP contribution in [0.4, 0.5) is 5.69 Å². The quantitative estimate of drug-likeness (QED) is 0.708. The van der Waals surface area contributed by atoms with Gasteiger partial charge in [0.25, 0.3) is 5.91 Å². The summed E-state index contributed by atoms with van der Waals surface area (Å²) in [5.74, 6) is 0.423. The molecule has 1 fully saturated rings. The molecule has 30 heavy (non-hydrogen) atoms. The van der Waals surface area contributed by atoms with E-state index in [0.29, 0.717) is 24.7 Å². The second kappa shape index (κ2) is 9.33. The number of methoxy groups -OCH3 is 3. The zero-order valence-electron chi connectivity index (χ0n) is 17.0. The Balaban J connectivity index is 1.93. The maximum Gasteiger partial charge on any atom is 0.259 e. The average molecular weight is 436 g/mol. The summed E-state index contributed by atoms with van der Waals surface area (Å²) < 4.78 is 48.5. The molecule has 9 nitrogen and oxygen atoms in total. The van der Waals surface area contributed by atoms with Crippen molar-refractivity contribution in [2.24, 2.45) is 0 Å². The molecule has 0 bridgehead atoms. The topological polar surface area (TPSA) is 103 Å². The van der Waals surface area contributed by atoms with Crippen LogP contribution < -0.4 is 19.5 Å². The van der Waals surface area contributed by atoms with Gasteiger partial charge in [-0.05, 0) is 30.3 Å². The Morgan fingerprint density at radius 3 is 2.33 bits per heavy atom. The zero-order chi connectivity index (χ0) is 21.7. The summed E-state index contributed by atoms with van der Waals surface area (Å²) in [7, 11) is 0.494. The van der Waals surface area contributed by atoms with Gasteiger partial charge in [-0.2, -0.15) is 4.31 Å². The third kappa shape index (κ3) is 4.35. The number of sulfonamides is 1. The smallest absolute Gasteiger partial charge is 0.259 e. The second-order valence-corrected chi connectivity index (χ2v) is 8.28. The Labute approximate surface area is 175 Å². The maximum atomic E-state index is 13.1. The predicted octanol–water partition coefficient (Wildman–Crippen LogP) is 1.99. The van der Waals surface area contributed by atoms with Crippen molar-refractivity contribution in [3.8, 4) is 17.2 Å². The molecule has 10 heteroatoms. The molecule has 0 aliphatic carbocycles. The van der Waals surface area contributed by atoms with Crippen LogP contribution in [-0.4, -0.2) is 66.3 Å². The minimum absolute atomic E-state index is 0.0256. The molecule has 0 spiro atoms. The highest BCUT2D eigenvalue weighted by Crippen LogP contribution is 2.33. The van der Waals surface area contributed by atoms with Gasteiger partial charge >= 0.3 is 0 Å². The van der Waals surface area contributed by atoms with Crippen molar-refractivity contribution in [3.05, 3.63) is 42.0 Å². The number of anilines is 1. The first kappa shape index (κ1) is 21.9. The average Bonchev–Trinajstić information content (AvgIpc) is 2.78. The molecule has 1 aliphatic rings. The first-order chi connectivity index (χ1) is 14.4. The summed E-state index contributed by atoms with van der Waals surface area (Å²) in [5.41, 5.74) is 0.558. The van der Waals surface area contributed by atoms with Gasteiger partial charge in [0, 0.05) is 18.8 Å². The number of carbonyl (C=O) groups excluding carboxylic acids is 1. The number of hydrogen-bond acceptors (Lipinski definition) is 7. The summed E-state index contributed by atoms with van der Waals surface area (Å²) in [4.78, 5) is 12.8. The molecule has 0 saturated carbocycles. The monoisotopic (exact) mass is 436 g/mol. The van der Waals surface area contributed by atoms with Gasteiger partial charge in [-0.1, -0.05) is 6.07 Å². The van der Waals surface area contributed by atoms with Gasteiger partial charge in [0.05, 0.1) is 40.1 Å². The van der Waals surface area contributed by atoms with Gasteiger partial charge in [-0.3, -0.25) is 4.79 Å². The van der Waals surface area contributed by atoms with E-state index in [2.05, 4.69) is 5.32 Å². The zero-order valence-corrected chi connectivity index (χ0v) is 17.8. The predicted molar refractivity (Wildman–Crippen MR) is 110 cm³/mol. The van der Waals surface area contributed by atoms with Gasteiger partial charge in [-0.25, -0.2) is 8.42 Å². The van der Waals surface area contributed by atoms with Gasteiger partial charge in [-0.15, -0.1) is 0 Å². The Kier molecular flexibility index (Phi) is 6.80. The third-order valence-electron chi connectivity index (χ3n) is 4.66. The Morgan fingerprint density at radius 2 is 1.70 bits per heavy atom. The molecule has 1 amide bonds. The van der Waals surface area contributed by atoms with E-state index < -0.39 is 15.9 Å². The molecule has 2 aromatic rings. The normalized spacial score (nSPS) is 14.8. The molecule has 0 aromatic heterocycles. The number of rotatable bonds is 7. The molecule has 0 atom stereocenters. The molecule has 1 aliphatic heterocycles.